The molecule has 8 nitrogen and oxygen atoms in total. The Hall–Kier alpha value is -2.87. The maximum atomic E-state index is 12.0. The number of aromatic carboxylic acids is 1. The molecule has 1 aliphatic heterocycles. The second-order valence-electron chi connectivity index (χ2n) is 6.52. The number of carboxylic acids is 2. The van der Waals surface area contributed by atoms with Gasteiger partial charge in [0.15, 0.2) is 0 Å². The largest absolute Gasteiger partial charge is 0.480 e. The van der Waals surface area contributed by atoms with E-state index >= 15 is 0 Å². The first-order valence-electron chi connectivity index (χ1n) is 8.34. The molecule has 0 spiro atoms. The van der Waals surface area contributed by atoms with Gasteiger partial charge in [0.2, 0.25) is 5.91 Å². The zero-order chi connectivity index (χ0) is 19.0. The predicted octanol–water partition coefficient (Wildman–Crippen LogP) is 1.17. The maximum absolute atomic E-state index is 12.0. The van der Waals surface area contributed by atoms with E-state index in [1.165, 1.54) is 19.1 Å². The summed E-state index contributed by atoms with van der Waals surface area (Å²) in [5.41, 5.74) is 1.46. The standard InChI is InChI=1S/C18H21N3O5/c1-11(22)20-5-7-21(8-6-20)16(18(25)26)14-10-19(2)15-4-3-12(17(23)24)9-13(14)15/h3-4,9-10,16H,5-8H2,1-2H3,(H,23,24)(H,25,26). The molecule has 1 aromatic heterocycles. The highest BCUT2D eigenvalue weighted by atomic mass is 16.4. The van der Waals surface area contributed by atoms with Gasteiger partial charge in [0.1, 0.15) is 6.04 Å². The van der Waals surface area contributed by atoms with Gasteiger partial charge in [-0.15, -0.1) is 0 Å². The molecule has 0 saturated carbocycles. The second kappa shape index (κ2) is 6.80. The predicted molar refractivity (Wildman–Crippen MR) is 94.1 cm³/mol. The van der Waals surface area contributed by atoms with Crippen molar-refractivity contribution in [1.29, 1.82) is 0 Å². The van der Waals surface area contributed by atoms with E-state index in [4.69, 9.17) is 0 Å². The maximum Gasteiger partial charge on any atom is 0.335 e. The molecule has 2 heterocycles. The van der Waals surface area contributed by atoms with Crippen molar-refractivity contribution in [3.63, 3.8) is 0 Å². The van der Waals surface area contributed by atoms with E-state index in [0.29, 0.717) is 37.1 Å². The van der Waals surface area contributed by atoms with Gasteiger partial charge in [-0.2, -0.15) is 0 Å². The molecule has 1 atom stereocenters. The van der Waals surface area contributed by atoms with Crippen LogP contribution in [-0.2, 0) is 16.6 Å². The van der Waals surface area contributed by atoms with Crippen LogP contribution in [0.1, 0.15) is 28.9 Å². The molecular weight excluding hydrogens is 338 g/mol. The van der Waals surface area contributed by atoms with Crippen LogP contribution < -0.4 is 0 Å². The summed E-state index contributed by atoms with van der Waals surface area (Å²) in [4.78, 5) is 38.3. The number of carboxylic acid groups (broad SMARTS) is 2. The zero-order valence-corrected chi connectivity index (χ0v) is 14.7. The fourth-order valence-electron chi connectivity index (χ4n) is 3.55. The minimum atomic E-state index is -1.05. The van der Waals surface area contributed by atoms with Crippen molar-refractivity contribution in [3.05, 3.63) is 35.5 Å². The first-order chi connectivity index (χ1) is 12.3. The van der Waals surface area contributed by atoms with E-state index in [-0.39, 0.29) is 11.5 Å². The Morgan fingerprint density at radius 1 is 1.08 bits per heavy atom. The van der Waals surface area contributed by atoms with Crippen molar-refractivity contribution in [2.75, 3.05) is 26.2 Å². The molecule has 8 heteroatoms. The number of carbonyl (C=O) groups is 3. The number of carbonyl (C=O) groups excluding carboxylic acids is 1. The lowest BCUT2D eigenvalue weighted by Crippen LogP contribution is -2.50. The van der Waals surface area contributed by atoms with Crippen LogP contribution in [-0.4, -0.2) is 68.6 Å². The number of piperazine rings is 1. The van der Waals surface area contributed by atoms with Crippen LogP contribution in [0.2, 0.25) is 0 Å². The summed E-state index contributed by atoms with van der Waals surface area (Å²) in [6.07, 6.45) is 1.74. The molecule has 1 aliphatic rings. The van der Waals surface area contributed by atoms with Crippen LogP contribution in [0.4, 0.5) is 0 Å². The van der Waals surface area contributed by atoms with Gasteiger partial charge in [-0.25, -0.2) is 4.79 Å². The average Bonchev–Trinajstić information content (AvgIpc) is 2.91. The van der Waals surface area contributed by atoms with E-state index in [2.05, 4.69) is 0 Å². The van der Waals surface area contributed by atoms with Gasteiger partial charge in [-0.05, 0) is 18.2 Å². The van der Waals surface area contributed by atoms with Crippen LogP contribution in [0.15, 0.2) is 24.4 Å². The molecular formula is C18H21N3O5. The smallest absolute Gasteiger partial charge is 0.335 e. The first-order valence-corrected chi connectivity index (χ1v) is 8.34. The Balaban J connectivity index is 2.01. The lowest BCUT2D eigenvalue weighted by atomic mass is 10.0. The minimum absolute atomic E-state index is 0.0206. The number of aromatic nitrogens is 1. The van der Waals surface area contributed by atoms with Crippen LogP contribution >= 0.6 is 0 Å². The van der Waals surface area contributed by atoms with Gasteiger partial charge in [0, 0.05) is 62.8 Å². The Kier molecular flexibility index (Phi) is 4.69. The third-order valence-electron chi connectivity index (χ3n) is 4.92. The van der Waals surface area contributed by atoms with Crippen molar-refractivity contribution in [2.45, 2.75) is 13.0 Å². The molecule has 0 bridgehead atoms. The Morgan fingerprint density at radius 3 is 2.27 bits per heavy atom. The van der Waals surface area contributed by atoms with Gasteiger partial charge in [-0.1, -0.05) is 0 Å². The highest BCUT2D eigenvalue weighted by molar-refractivity contribution is 5.96. The van der Waals surface area contributed by atoms with E-state index < -0.39 is 18.0 Å². The quantitative estimate of drug-likeness (QED) is 0.849. The minimum Gasteiger partial charge on any atom is -0.480 e. The topological polar surface area (TPSA) is 103 Å². The summed E-state index contributed by atoms with van der Waals surface area (Å²) in [5, 5.41) is 19.7. The zero-order valence-electron chi connectivity index (χ0n) is 14.7. The third-order valence-corrected chi connectivity index (χ3v) is 4.92. The number of amides is 1. The highest BCUT2D eigenvalue weighted by Gasteiger charge is 2.33. The fraction of sp³-hybridized carbons (Fsp3) is 0.389. The third kappa shape index (κ3) is 3.15. The van der Waals surface area contributed by atoms with Crippen molar-refractivity contribution in [3.8, 4) is 0 Å². The molecule has 1 unspecified atom stereocenters. The summed E-state index contributed by atoms with van der Waals surface area (Å²) < 4.78 is 1.80. The summed E-state index contributed by atoms with van der Waals surface area (Å²) in [6, 6.07) is 3.83. The number of hydrogen-bond acceptors (Lipinski definition) is 4. The van der Waals surface area contributed by atoms with Gasteiger partial charge >= 0.3 is 11.9 Å². The van der Waals surface area contributed by atoms with Crippen molar-refractivity contribution in [1.82, 2.24) is 14.4 Å². The number of aryl methyl sites for hydroxylation is 1. The number of aliphatic carboxylic acids is 1. The van der Waals surface area contributed by atoms with Crippen molar-refractivity contribution in [2.24, 2.45) is 7.05 Å². The molecule has 1 saturated heterocycles. The van der Waals surface area contributed by atoms with Crippen LogP contribution in [0, 0.1) is 0 Å². The first kappa shape index (κ1) is 17.9. The normalized spacial score (nSPS) is 16.6. The number of benzene rings is 1. The highest BCUT2D eigenvalue weighted by Crippen LogP contribution is 2.31. The monoisotopic (exact) mass is 359 g/mol. The molecule has 26 heavy (non-hydrogen) atoms. The molecule has 0 aliphatic carbocycles. The molecule has 1 aromatic carbocycles. The average molecular weight is 359 g/mol. The summed E-state index contributed by atoms with van der Waals surface area (Å²) in [6.45, 7) is 3.36. The van der Waals surface area contributed by atoms with Crippen molar-refractivity contribution >= 4 is 28.7 Å². The molecule has 2 N–H and O–H groups in total. The van der Waals surface area contributed by atoms with Crippen LogP contribution in [0.5, 0.6) is 0 Å². The number of rotatable bonds is 4. The molecule has 2 aromatic rings. The van der Waals surface area contributed by atoms with E-state index in [0.717, 1.165) is 5.52 Å². The second-order valence-corrected chi connectivity index (χ2v) is 6.52. The van der Waals surface area contributed by atoms with Gasteiger partial charge in [-0.3, -0.25) is 14.5 Å². The van der Waals surface area contributed by atoms with E-state index in [1.54, 1.807) is 28.8 Å². The van der Waals surface area contributed by atoms with E-state index in [9.17, 15) is 24.6 Å². The summed E-state index contributed by atoms with van der Waals surface area (Å²) in [7, 11) is 1.80. The molecule has 1 amide bonds. The van der Waals surface area contributed by atoms with Crippen LogP contribution in [0.25, 0.3) is 10.9 Å². The van der Waals surface area contributed by atoms with Crippen molar-refractivity contribution < 1.29 is 24.6 Å². The SMILES string of the molecule is CC(=O)N1CCN(C(C(=O)O)c2cn(C)c3ccc(C(=O)O)cc23)CC1. The summed E-state index contributed by atoms with van der Waals surface area (Å²) >= 11 is 0. The number of fused-ring (bicyclic) bond motifs is 1. The Labute approximate surface area is 150 Å². The van der Waals surface area contributed by atoms with Crippen LogP contribution in [0.3, 0.4) is 0 Å². The molecule has 138 valence electrons. The Bertz CT molecular complexity index is 880. The van der Waals surface area contributed by atoms with Gasteiger partial charge in [0.25, 0.3) is 0 Å². The Morgan fingerprint density at radius 2 is 1.73 bits per heavy atom. The molecule has 1 fully saturated rings. The van der Waals surface area contributed by atoms with Gasteiger partial charge in [0.05, 0.1) is 5.56 Å². The van der Waals surface area contributed by atoms with E-state index in [1.807, 2.05) is 4.90 Å². The summed E-state index contributed by atoms with van der Waals surface area (Å²) in [5.74, 6) is -2.06. The van der Waals surface area contributed by atoms with Gasteiger partial charge < -0.3 is 19.7 Å². The number of nitrogens with zero attached hydrogens (tertiary/aromatic N) is 3. The molecule has 3 rings (SSSR count). The lowest BCUT2D eigenvalue weighted by Gasteiger charge is -2.37. The lowest BCUT2D eigenvalue weighted by molar-refractivity contribution is -0.144. The molecule has 0 radical (unpaired) electrons. The number of hydrogen-bond donors (Lipinski definition) is 2. The fourth-order valence-corrected chi connectivity index (χ4v) is 3.55.